The molecule has 0 spiro atoms. The van der Waals surface area contributed by atoms with Crippen molar-refractivity contribution in [1.29, 1.82) is 0 Å². The predicted octanol–water partition coefficient (Wildman–Crippen LogP) is 3.80. The van der Waals surface area contributed by atoms with Crippen molar-refractivity contribution in [1.82, 2.24) is 4.90 Å². The smallest absolute Gasteiger partial charge is 0.229 e. The van der Waals surface area contributed by atoms with Crippen molar-refractivity contribution < 1.29 is 9.53 Å². The summed E-state index contributed by atoms with van der Waals surface area (Å²) in [5, 5.41) is 0. The monoisotopic (exact) mass is 311 g/mol. The number of alkyl halides is 1. The number of amides is 1. The maximum Gasteiger partial charge on any atom is 0.229 e. The van der Waals surface area contributed by atoms with E-state index in [2.05, 4.69) is 13.0 Å². The maximum atomic E-state index is 12.2. The molecule has 0 atom stereocenters. The standard InChI is InChI=1S/C17H26ClNO2/c1-13-7-8-15(14(2)11-13)21-10-6-9-19(5)16(20)17(3,4)12-18/h7-8,11H,6,9-10,12H2,1-5H3. The first-order valence-corrected chi connectivity index (χ1v) is 7.83. The van der Waals surface area contributed by atoms with E-state index < -0.39 is 5.41 Å². The van der Waals surface area contributed by atoms with Gasteiger partial charge in [0.1, 0.15) is 5.75 Å². The van der Waals surface area contributed by atoms with Crippen molar-refractivity contribution in [3.05, 3.63) is 29.3 Å². The molecule has 21 heavy (non-hydrogen) atoms. The fourth-order valence-electron chi connectivity index (χ4n) is 2.12. The molecule has 3 nitrogen and oxygen atoms in total. The van der Waals surface area contributed by atoms with E-state index >= 15 is 0 Å². The molecule has 0 fully saturated rings. The predicted molar refractivity (Wildman–Crippen MR) is 88.2 cm³/mol. The fourth-order valence-corrected chi connectivity index (χ4v) is 2.23. The van der Waals surface area contributed by atoms with Crippen molar-refractivity contribution in [3.8, 4) is 5.75 Å². The molecule has 0 saturated heterocycles. The summed E-state index contributed by atoms with van der Waals surface area (Å²) in [5.74, 6) is 1.31. The molecule has 0 heterocycles. The number of rotatable bonds is 7. The summed E-state index contributed by atoms with van der Waals surface area (Å²) in [5.41, 5.74) is 1.86. The lowest BCUT2D eigenvalue weighted by Crippen LogP contribution is -2.40. The van der Waals surface area contributed by atoms with Crippen molar-refractivity contribution in [2.45, 2.75) is 34.1 Å². The highest BCUT2D eigenvalue weighted by atomic mass is 35.5. The van der Waals surface area contributed by atoms with E-state index in [-0.39, 0.29) is 5.91 Å². The fraction of sp³-hybridized carbons (Fsp3) is 0.588. The van der Waals surface area contributed by atoms with Crippen LogP contribution in [-0.4, -0.2) is 36.9 Å². The molecule has 1 aromatic carbocycles. The van der Waals surface area contributed by atoms with Gasteiger partial charge in [-0.1, -0.05) is 17.7 Å². The van der Waals surface area contributed by atoms with Crippen LogP contribution in [0.1, 0.15) is 31.4 Å². The molecule has 0 saturated carbocycles. The molecule has 0 aliphatic carbocycles. The Kier molecular flexibility index (Phi) is 6.53. The summed E-state index contributed by atoms with van der Waals surface area (Å²) in [4.78, 5) is 13.9. The quantitative estimate of drug-likeness (QED) is 0.566. The Bertz CT molecular complexity index is 486. The van der Waals surface area contributed by atoms with Crippen LogP contribution in [0.3, 0.4) is 0 Å². The highest BCUT2D eigenvalue weighted by Gasteiger charge is 2.29. The molecular weight excluding hydrogens is 286 g/mol. The Balaban J connectivity index is 2.39. The Morgan fingerprint density at radius 3 is 2.57 bits per heavy atom. The van der Waals surface area contributed by atoms with E-state index in [0.29, 0.717) is 19.0 Å². The van der Waals surface area contributed by atoms with Crippen molar-refractivity contribution in [2.75, 3.05) is 26.1 Å². The Morgan fingerprint density at radius 2 is 2.00 bits per heavy atom. The van der Waals surface area contributed by atoms with Gasteiger partial charge in [0.25, 0.3) is 0 Å². The van der Waals surface area contributed by atoms with Gasteiger partial charge in [-0.15, -0.1) is 11.6 Å². The van der Waals surface area contributed by atoms with Crippen LogP contribution in [-0.2, 0) is 4.79 Å². The van der Waals surface area contributed by atoms with Gasteiger partial charge in [0, 0.05) is 19.5 Å². The zero-order valence-corrected chi connectivity index (χ0v) is 14.5. The summed E-state index contributed by atoms with van der Waals surface area (Å²) >= 11 is 5.83. The lowest BCUT2D eigenvalue weighted by Gasteiger charge is -2.27. The summed E-state index contributed by atoms with van der Waals surface area (Å²) in [6.07, 6.45) is 0.800. The minimum atomic E-state index is -0.509. The Morgan fingerprint density at radius 1 is 1.33 bits per heavy atom. The summed E-state index contributed by atoms with van der Waals surface area (Å²) in [6.45, 7) is 9.11. The van der Waals surface area contributed by atoms with Gasteiger partial charge in [0.15, 0.2) is 0 Å². The number of carbonyl (C=O) groups is 1. The van der Waals surface area contributed by atoms with Gasteiger partial charge in [-0.25, -0.2) is 0 Å². The lowest BCUT2D eigenvalue weighted by molar-refractivity contribution is -0.137. The molecular formula is C17H26ClNO2. The molecule has 1 rings (SSSR count). The lowest BCUT2D eigenvalue weighted by atomic mass is 9.94. The van der Waals surface area contributed by atoms with Crippen LogP contribution >= 0.6 is 11.6 Å². The van der Waals surface area contributed by atoms with Gasteiger partial charge in [-0.2, -0.15) is 0 Å². The van der Waals surface area contributed by atoms with Crippen LogP contribution in [0, 0.1) is 19.3 Å². The number of nitrogens with zero attached hydrogens (tertiary/aromatic N) is 1. The van der Waals surface area contributed by atoms with Gasteiger partial charge >= 0.3 is 0 Å². The zero-order valence-electron chi connectivity index (χ0n) is 13.7. The molecule has 0 bridgehead atoms. The molecule has 1 amide bonds. The van der Waals surface area contributed by atoms with E-state index in [0.717, 1.165) is 17.7 Å². The van der Waals surface area contributed by atoms with Gasteiger partial charge < -0.3 is 9.64 Å². The first-order valence-electron chi connectivity index (χ1n) is 7.29. The molecule has 1 aromatic rings. The summed E-state index contributed by atoms with van der Waals surface area (Å²) in [7, 11) is 1.81. The van der Waals surface area contributed by atoms with Crippen LogP contribution in [0.15, 0.2) is 18.2 Å². The van der Waals surface area contributed by atoms with Crippen LogP contribution in [0.25, 0.3) is 0 Å². The molecule has 0 aliphatic heterocycles. The number of benzene rings is 1. The SMILES string of the molecule is Cc1ccc(OCCCN(C)C(=O)C(C)(C)CCl)c(C)c1. The second kappa shape index (κ2) is 7.69. The number of hydrogen-bond donors (Lipinski definition) is 0. The first kappa shape index (κ1) is 17.8. The van der Waals surface area contributed by atoms with Gasteiger partial charge in [0.05, 0.1) is 12.0 Å². The first-order chi connectivity index (χ1) is 9.77. The van der Waals surface area contributed by atoms with E-state index in [9.17, 15) is 4.79 Å². The molecule has 0 aliphatic rings. The molecule has 0 unspecified atom stereocenters. The van der Waals surface area contributed by atoms with Crippen molar-refractivity contribution in [2.24, 2.45) is 5.41 Å². The van der Waals surface area contributed by atoms with Crippen molar-refractivity contribution in [3.63, 3.8) is 0 Å². The number of aryl methyl sites for hydroxylation is 2. The Labute approximate surface area is 133 Å². The van der Waals surface area contributed by atoms with Gasteiger partial charge in [0.2, 0.25) is 5.91 Å². The van der Waals surface area contributed by atoms with Crippen molar-refractivity contribution >= 4 is 17.5 Å². The highest BCUT2D eigenvalue weighted by molar-refractivity contribution is 6.19. The number of carbonyl (C=O) groups excluding carboxylic acids is 1. The highest BCUT2D eigenvalue weighted by Crippen LogP contribution is 2.21. The third-order valence-electron chi connectivity index (χ3n) is 3.49. The normalized spacial score (nSPS) is 11.3. The van der Waals surface area contributed by atoms with Gasteiger partial charge in [-0.3, -0.25) is 4.79 Å². The third kappa shape index (κ3) is 5.24. The molecule has 0 radical (unpaired) electrons. The van der Waals surface area contributed by atoms with E-state index in [1.54, 1.807) is 4.90 Å². The summed E-state index contributed by atoms with van der Waals surface area (Å²) in [6, 6.07) is 6.14. The second-order valence-electron chi connectivity index (χ2n) is 6.22. The van der Waals surface area contributed by atoms with Gasteiger partial charge in [-0.05, 0) is 45.7 Å². The third-order valence-corrected chi connectivity index (χ3v) is 4.15. The van der Waals surface area contributed by atoms with Crippen LogP contribution < -0.4 is 4.74 Å². The molecule has 4 heteroatoms. The van der Waals surface area contributed by atoms with Crippen LogP contribution in [0.5, 0.6) is 5.75 Å². The maximum absolute atomic E-state index is 12.2. The minimum Gasteiger partial charge on any atom is -0.493 e. The molecule has 118 valence electrons. The van der Waals surface area contributed by atoms with E-state index in [4.69, 9.17) is 16.3 Å². The minimum absolute atomic E-state index is 0.0732. The summed E-state index contributed by atoms with van der Waals surface area (Å²) < 4.78 is 5.77. The van der Waals surface area contributed by atoms with E-state index in [1.165, 1.54) is 5.56 Å². The Hall–Kier alpha value is -1.22. The second-order valence-corrected chi connectivity index (χ2v) is 6.48. The largest absolute Gasteiger partial charge is 0.493 e. The average molecular weight is 312 g/mol. The number of hydrogen-bond acceptors (Lipinski definition) is 2. The van der Waals surface area contributed by atoms with Crippen LogP contribution in [0.4, 0.5) is 0 Å². The number of halogens is 1. The van der Waals surface area contributed by atoms with E-state index in [1.807, 2.05) is 40.0 Å². The topological polar surface area (TPSA) is 29.5 Å². The molecule has 0 aromatic heterocycles. The average Bonchev–Trinajstić information content (AvgIpc) is 2.44. The zero-order chi connectivity index (χ0) is 16.0. The molecule has 0 N–H and O–H groups in total. The van der Waals surface area contributed by atoms with Crippen LogP contribution in [0.2, 0.25) is 0 Å². The number of ether oxygens (including phenoxy) is 1.